The highest BCUT2D eigenvalue weighted by Crippen LogP contribution is 2.54. The second-order valence-corrected chi connectivity index (χ2v) is 10.4. The van der Waals surface area contributed by atoms with Gasteiger partial charge in [0.15, 0.2) is 5.78 Å². The van der Waals surface area contributed by atoms with Crippen LogP contribution in [0.2, 0.25) is 10.0 Å². The van der Waals surface area contributed by atoms with Crippen LogP contribution in [0, 0.1) is 28.9 Å². The van der Waals surface area contributed by atoms with E-state index in [1.807, 2.05) is 30.3 Å². The summed E-state index contributed by atoms with van der Waals surface area (Å²) in [7, 11) is 0. The first-order chi connectivity index (χ1) is 18.2. The monoisotopic (exact) mass is 547 g/mol. The van der Waals surface area contributed by atoms with Crippen molar-refractivity contribution >= 4 is 58.3 Å². The SMILES string of the molecule is Cc1cc([N+](=O)[O-])ccc1N1C(=O)[C@@H]2[C@H](C1=O)[C@@H]1c3ccccc3C=CN1[C@@H]2C(=O)c1ccc(Cl)cc1Cl. The number of anilines is 1. The second kappa shape index (κ2) is 8.79. The number of nitro benzene ring substituents is 1. The van der Waals surface area contributed by atoms with Crippen LogP contribution in [0.4, 0.5) is 11.4 Å². The Morgan fingerprint density at radius 1 is 0.974 bits per heavy atom. The van der Waals surface area contributed by atoms with Crippen molar-refractivity contribution in [3.63, 3.8) is 0 Å². The van der Waals surface area contributed by atoms with E-state index in [2.05, 4.69) is 0 Å². The lowest BCUT2D eigenvalue weighted by atomic mass is 9.83. The molecule has 38 heavy (non-hydrogen) atoms. The summed E-state index contributed by atoms with van der Waals surface area (Å²) in [5.41, 5.74) is 2.47. The predicted octanol–water partition coefficient (Wildman–Crippen LogP) is 5.61. The van der Waals surface area contributed by atoms with Gasteiger partial charge in [-0.15, -0.1) is 0 Å². The van der Waals surface area contributed by atoms with Gasteiger partial charge in [-0.3, -0.25) is 24.5 Å². The Balaban J connectivity index is 1.50. The number of non-ortho nitro benzene ring substituents is 1. The molecule has 3 aromatic rings. The molecule has 0 bridgehead atoms. The predicted molar refractivity (Wildman–Crippen MR) is 142 cm³/mol. The van der Waals surface area contributed by atoms with Crippen molar-refractivity contribution in [1.82, 2.24) is 4.90 Å². The number of benzene rings is 3. The van der Waals surface area contributed by atoms with Crippen molar-refractivity contribution in [3.8, 4) is 0 Å². The summed E-state index contributed by atoms with van der Waals surface area (Å²) in [4.78, 5) is 55.6. The number of amides is 2. The molecule has 3 aliphatic heterocycles. The van der Waals surface area contributed by atoms with Crippen molar-refractivity contribution in [2.24, 2.45) is 11.8 Å². The summed E-state index contributed by atoms with van der Waals surface area (Å²) in [6, 6.07) is 14.6. The molecule has 3 aromatic carbocycles. The number of ketones is 1. The summed E-state index contributed by atoms with van der Waals surface area (Å²) in [6.07, 6.45) is 3.63. The third kappa shape index (κ3) is 3.48. The summed E-state index contributed by atoms with van der Waals surface area (Å²) in [6.45, 7) is 1.61. The van der Waals surface area contributed by atoms with Crippen LogP contribution in [-0.4, -0.2) is 33.5 Å². The highest BCUT2D eigenvalue weighted by Gasteiger charge is 2.64. The third-order valence-electron chi connectivity index (χ3n) is 7.56. The number of hydrogen-bond acceptors (Lipinski definition) is 6. The zero-order valence-corrected chi connectivity index (χ0v) is 21.4. The smallest absolute Gasteiger partial charge is 0.269 e. The zero-order chi connectivity index (χ0) is 26.9. The van der Waals surface area contributed by atoms with Crippen LogP contribution in [0.15, 0.2) is 66.9 Å². The van der Waals surface area contributed by atoms with Gasteiger partial charge in [0.05, 0.1) is 33.5 Å². The van der Waals surface area contributed by atoms with Gasteiger partial charge in [0.1, 0.15) is 6.04 Å². The van der Waals surface area contributed by atoms with Crippen LogP contribution in [0.3, 0.4) is 0 Å². The number of hydrogen-bond donors (Lipinski definition) is 0. The molecule has 0 aliphatic carbocycles. The first-order valence-corrected chi connectivity index (χ1v) is 12.6. The van der Waals surface area contributed by atoms with Gasteiger partial charge in [0.25, 0.3) is 5.69 Å². The average Bonchev–Trinajstić information content (AvgIpc) is 3.36. The maximum atomic E-state index is 14.0. The van der Waals surface area contributed by atoms with E-state index in [0.29, 0.717) is 10.6 Å². The minimum absolute atomic E-state index is 0.145. The lowest BCUT2D eigenvalue weighted by Crippen LogP contribution is -2.44. The van der Waals surface area contributed by atoms with Gasteiger partial charge in [-0.2, -0.15) is 0 Å². The average molecular weight is 548 g/mol. The highest BCUT2D eigenvalue weighted by atomic mass is 35.5. The van der Waals surface area contributed by atoms with E-state index in [0.717, 1.165) is 16.0 Å². The van der Waals surface area contributed by atoms with Gasteiger partial charge in [-0.05, 0) is 54.0 Å². The van der Waals surface area contributed by atoms with Gasteiger partial charge in [0.2, 0.25) is 11.8 Å². The van der Waals surface area contributed by atoms with Crippen LogP contribution in [0.1, 0.15) is 33.1 Å². The molecule has 0 unspecified atom stereocenters. The number of carbonyl (C=O) groups is 3. The van der Waals surface area contributed by atoms with E-state index >= 15 is 0 Å². The largest absolute Gasteiger partial charge is 0.358 e. The molecule has 190 valence electrons. The number of fused-ring (bicyclic) bond motifs is 5. The number of rotatable bonds is 4. The lowest BCUT2D eigenvalue weighted by molar-refractivity contribution is -0.384. The molecule has 3 heterocycles. The Bertz CT molecular complexity index is 1600. The molecule has 4 atom stereocenters. The minimum Gasteiger partial charge on any atom is -0.358 e. The zero-order valence-electron chi connectivity index (χ0n) is 19.9. The molecule has 0 N–H and O–H groups in total. The molecule has 2 fully saturated rings. The van der Waals surface area contributed by atoms with Gasteiger partial charge < -0.3 is 4.90 Å². The maximum absolute atomic E-state index is 14.0. The Kier molecular flexibility index (Phi) is 5.63. The molecule has 6 rings (SSSR count). The molecule has 0 saturated carbocycles. The molecule has 0 spiro atoms. The number of halogens is 2. The van der Waals surface area contributed by atoms with E-state index in [4.69, 9.17) is 23.2 Å². The fraction of sp³-hybridized carbons (Fsp3) is 0.179. The Hall–Kier alpha value is -4.01. The fourth-order valence-corrected chi connectivity index (χ4v) is 6.45. The van der Waals surface area contributed by atoms with E-state index in [9.17, 15) is 24.5 Å². The maximum Gasteiger partial charge on any atom is 0.269 e. The van der Waals surface area contributed by atoms with Crippen molar-refractivity contribution in [2.45, 2.75) is 19.0 Å². The molecule has 8 nitrogen and oxygen atoms in total. The van der Waals surface area contributed by atoms with Gasteiger partial charge in [-0.1, -0.05) is 47.5 Å². The number of carbonyl (C=O) groups excluding carboxylic acids is 3. The highest BCUT2D eigenvalue weighted by molar-refractivity contribution is 6.37. The molecular weight excluding hydrogens is 529 g/mol. The first-order valence-electron chi connectivity index (χ1n) is 11.9. The van der Waals surface area contributed by atoms with Crippen molar-refractivity contribution in [2.75, 3.05) is 4.90 Å². The number of aryl methyl sites for hydroxylation is 1. The van der Waals surface area contributed by atoms with Crippen molar-refractivity contribution in [3.05, 3.63) is 109 Å². The second-order valence-electron chi connectivity index (χ2n) is 9.56. The van der Waals surface area contributed by atoms with Gasteiger partial charge in [0, 0.05) is 28.9 Å². The Morgan fingerprint density at radius 2 is 1.71 bits per heavy atom. The summed E-state index contributed by atoms with van der Waals surface area (Å²) < 4.78 is 0. The topological polar surface area (TPSA) is 101 Å². The van der Waals surface area contributed by atoms with Crippen molar-refractivity contribution < 1.29 is 19.3 Å². The van der Waals surface area contributed by atoms with Gasteiger partial charge in [-0.25, -0.2) is 4.90 Å². The van der Waals surface area contributed by atoms with Gasteiger partial charge >= 0.3 is 0 Å². The van der Waals surface area contributed by atoms with E-state index < -0.39 is 46.4 Å². The molecule has 10 heteroatoms. The van der Waals surface area contributed by atoms with Crippen LogP contribution in [-0.2, 0) is 9.59 Å². The third-order valence-corrected chi connectivity index (χ3v) is 8.11. The first kappa shape index (κ1) is 24.3. The quantitative estimate of drug-likeness (QED) is 0.182. The molecule has 0 radical (unpaired) electrons. The van der Waals surface area contributed by atoms with E-state index in [-0.39, 0.29) is 22.0 Å². The van der Waals surface area contributed by atoms with Crippen LogP contribution in [0.25, 0.3) is 6.08 Å². The summed E-state index contributed by atoms with van der Waals surface area (Å²) >= 11 is 12.4. The Morgan fingerprint density at radius 3 is 2.42 bits per heavy atom. The van der Waals surface area contributed by atoms with E-state index in [1.165, 1.54) is 30.3 Å². The normalized spacial score (nSPS) is 23.3. The summed E-state index contributed by atoms with van der Waals surface area (Å²) in [5.74, 6) is -3.20. The molecule has 2 saturated heterocycles. The number of imide groups is 1. The molecule has 3 aliphatic rings. The van der Waals surface area contributed by atoms with E-state index in [1.54, 1.807) is 24.1 Å². The fourth-order valence-electron chi connectivity index (χ4n) is 5.95. The molecular formula is C28H19Cl2N3O5. The van der Waals surface area contributed by atoms with Crippen molar-refractivity contribution in [1.29, 1.82) is 0 Å². The Labute approximate surface area is 227 Å². The number of nitrogens with zero attached hydrogens (tertiary/aromatic N) is 3. The van der Waals surface area contributed by atoms with Crippen LogP contribution >= 0.6 is 23.2 Å². The molecule has 0 aromatic heterocycles. The minimum atomic E-state index is -0.993. The summed E-state index contributed by atoms with van der Waals surface area (Å²) in [5, 5.41) is 11.8. The van der Waals surface area contributed by atoms with Crippen LogP contribution < -0.4 is 4.90 Å². The number of Topliss-reactive ketones (excluding diaryl/α,β-unsaturated/α-hetero) is 1. The van der Waals surface area contributed by atoms with Crippen LogP contribution in [0.5, 0.6) is 0 Å². The molecule has 2 amide bonds. The lowest BCUT2D eigenvalue weighted by Gasteiger charge is -2.35. The standard InChI is InChI=1S/C28H19Cl2N3O5/c1-14-12-17(33(37)38)7-9-21(14)32-27(35)22-23(28(32)36)25(26(34)19-8-6-16(29)13-20(19)30)31-11-10-15-4-2-3-5-18(15)24(22)31/h2-13,22-25H,1H3/t22-,23+,24-,25-/m0/s1. The number of nitro groups is 1.